The topological polar surface area (TPSA) is 87.2 Å². The maximum Gasteiger partial charge on any atom is 0.225 e. The van der Waals surface area contributed by atoms with E-state index >= 15 is 0 Å². The van der Waals surface area contributed by atoms with E-state index in [4.69, 9.17) is 4.98 Å². The molecule has 0 radical (unpaired) electrons. The fraction of sp³-hybridized carbons (Fsp3) is 0.600. The Labute approximate surface area is 168 Å². The molecule has 1 fully saturated rings. The zero-order chi connectivity index (χ0) is 20.1. The van der Waals surface area contributed by atoms with Gasteiger partial charge in [-0.15, -0.1) is 0 Å². The van der Waals surface area contributed by atoms with Gasteiger partial charge >= 0.3 is 0 Å². The summed E-state index contributed by atoms with van der Waals surface area (Å²) in [6.45, 7) is 3.08. The predicted molar refractivity (Wildman–Crippen MR) is 115 cm³/mol. The molecule has 2 N–H and O–H groups in total. The van der Waals surface area contributed by atoms with E-state index in [0.717, 1.165) is 48.9 Å². The van der Waals surface area contributed by atoms with Crippen LogP contribution in [0.5, 0.6) is 0 Å². The van der Waals surface area contributed by atoms with Crippen LogP contribution in [0.25, 0.3) is 10.9 Å². The van der Waals surface area contributed by atoms with Crippen molar-refractivity contribution in [2.75, 3.05) is 43.2 Å². The third-order valence-corrected chi connectivity index (χ3v) is 6.86. The molecule has 3 rings (SSSR count). The molecule has 1 saturated carbocycles. The zero-order valence-corrected chi connectivity index (χ0v) is 17.8. The number of para-hydroxylation sites is 1. The van der Waals surface area contributed by atoms with Crippen LogP contribution in [0.15, 0.2) is 24.3 Å². The fourth-order valence-corrected chi connectivity index (χ4v) is 4.40. The van der Waals surface area contributed by atoms with Gasteiger partial charge in [0.15, 0.2) is 0 Å². The van der Waals surface area contributed by atoms with Crippen LogP contribution in [0.4, 0.5) is 11.8 Å². The second-order valence-electron chi connectivity index (χ2n) is 7.80. The second kappa shape index (κ2) is 9.05. The maximum absolute atomic E-state index is 11.6. The molecule has 0 atom stereocenters. The number of nitrogens with zero attached hydrogens (tertiary/aromatic N) is 3. The van der Waals surface area contributed by atoms with E-state index in [1.165, 1.54) is 0 Å². The molecule has 8 heteroatoms. The predicted octanol–water partition coefficient (Wildman–Crippen LogP) is 2.85. The Kier molecular flexibility index (Phi) is 6.72. The van der Waals surface area contributed by atoms with Gasteiger partial charge in [-0.05, 0) is 56.6 Å². The van der Waals surface area contributed by atoms with Gasteiger partial charge in [0, 0.05) is 32.6 Å². The smallest absolute Gasteiger partial charge is 0.225 e. The molecule has 154 valence electrons. The van der Waals surface area contributed by atoms with Gasteiger partial charge in [-0.3, -0.25) is 0 Å². The number of fused-ring (bicyclic) bond motifs is 1. The van der Waals surface area contributed by atoms with Crippen molar-refractivity contribution in [2.45, 2.75) is 32.6 Å². The number of benzene rings is 1. The first-order chi connectivity index (χ1) is 13.4. The molecule has 0 amide bonds. The maximum atomic E-state index is 11.6. The lowest BCUT2D eigenvalue weighted by Gasteiger charge is -2.28. The summed E-state index contributed by atoms with van der Waals surface area (Å²) in [6.07, 6.45) is 4.31. The van der Waals surface area contributed by atoms with E-state index < -0.39 is 10.0 Å². The quantitative estimate of drug-likeness (QED) is 0.702. The average molecular weight is 406 g/mol. The Morgan fingerprint density at radius 3 is 2.32 bits per heavy atom. The Hall–Kier alpha value is -1.93. The third kappa shape index (κ3) is 5.32. The number of rotatable bonds is 8. The zero-order valence-electron chi connectivity index (χ0n) is 17.0. The lowest BCUT2D eigenvalue weighted by molar-refractivity contribution is 0.284. The minimum atomic E-state index is -3.09. The van der Waals surface area contributed by atoms with E-state index in [0.29, 0.717) is 24.3 Å². The number of aromatic nitrogens is 2. The Morgan fingerprint density at radius 1 is 1.04 bits per heavy atom. The summed E-state index contributed by atoms with van der Waals surface area (Å²) in [5.41, 5.74) is 0.940. The van der Waals surface area contributed by atoms with Crippen molar-refractivity contribution in [2.24, 2.45) is 11.8 Å². The normalized spacial score (nSPS) is 20.2. The summed E-state index contributed by atoms with van der Waals surface area (Å²) in [4.78, 5) is 11.4. The molecule has 0 aliphatic heterocycles. The summed E-state index contributed by atoms with van der Waals surface area (Å²) in [5, 5.41) is 4.47. The highest BCUT2D eigenvalue weighted by atomic mass is 32.2. The van der Waals surface area contributed by atoms with Gasteiger partial charge in [0.1, 0.15) is 5.82 Å². The van der Waals surface area contributed by atoms with E-state index in [9.17, 15) is 8.42 Å². The van der Waals surface area contributed by atoms with Gasteiger partial charge in [-0.1, -0.05) is 12.1 Å². The molecule has 28 heavy (non-hydrogen) atoms. The highest BCUT2D eigenvalue weighted by molar-refractivity contribution is 7.89. The molecule has 0 saturated heterocycles. The molecule has 1 heterocycles. The SMILES string of the molecule is CCS(=O)(=O)NCC1CCC(CNc2nc(N(C)C)c3ccccc3n2)CC1. The Bertz CT molecular complexity index is 893. The second-order valence-corrected chi connectivity index (χ2v) is 9.90. The van der Waals surface area contributed by atoms with Crippen LogP contribution in [-0.4, -0.2) is 51.3 Å². The molecule has 1 aromatic carbocycles. The largest absolute Gasteiger partial charge is 0.362 e. The number of nitrogens with one attached hydrogen (secondary N) is 2. The molecule has 0 unspecified atom stereocenters. The van der Waals surface area contributed by atoms with Gasteiger partial charge in [-0.25, -0.2) is 18.1 Å². The highest BCUT2D eigenvalue weighted by Crippen LogP contribution is 2.29. The lowest BCUT2D eigenvalue weighted by atomic mass is 9.82. The van der Waals surface area contributed by atoms with Gasteiger partial charge in [0.2, 0.25) is 16.0 Å². The van der Waals surface area contributed by atoms with Crippen molar-refractivity contribution >= 4 is 32.7 Å². The van der Waals surface area contributed by atoms with Crippen LogP contribution in [0.3, 0.4) is 0 Å². The summed E-state index contributed by atoms with van der Waals surface area (Å²) >= 11 is 0. The molecule has 1 aliphatic rings. The Morgan fingerprint density at radius 2 is 1.68 bits per heavy atom. The van der Waals surface area contributed by atoms with E-state index in [1.54, 1.807) is 6.92 Å². The third-order valence-electron chi connectivity index (χ3n) is 5.49. The Balaban J connectivity index is 1.54. The van der Waals surface area contributed by atoms with Crippen molar-refractivity contribution in [3.63, 3.8) is 0 Å². The summed E-state index contributed by atoms with van der Waals surface area (Å²) in [6, 6.07) is 8.05. The van der Waals surface area contributed by atoms with Crippen molar-refractivity contribution in [3.05, 3.63) is 24.3 Å². The van der Waals surface area contributed by atoms with Crippen molar-refractivity contribution < 1.29 is 8.42 Å². The molecule has 0 spiro atoms. The number of anilines is 2. The first-order valence-corrected chi connectivity index (χ1v) is 11.7. The lowest BCUT2D eigenvalue weighted by Crippen LogP contribution is -2.33. The first kappa shape index (κ1) is 20.8. The molecule has 7 nitrogen and oxygen atoms in total. The van der Waals surface area contributed by atoms with Crippen LogP contribution < -0.4 is 14.9 Å². The van der Waals surface area contributed by atoms with Gasteiger partial charge in [0.05, 0.1) is 11.3 Å². The minimum Gasteiger partial charge on any atom is -0.362 e. The van der Waals surface area contributed by atoms with Crippen LogP contribution >= 0.6 is 0 Å². The number of hydrogen-bond donors (Lipinski definition) is 2. The molecule has 2 aromatic rings. The van der Waals surface area contributed by atoms with Gasteiger partial charge in [-0.2, -0.15) is 4.98 Å². The highest BCUT2D eigenvalue weighted by Gasteiger charge is 2.22. The van der Waals surface area contributed by atoms with Crippen LogP contribution in [-0.2, 0) is 10.0 Å². The molecule has 1 aromatic heterocycles. The molecule has 0 bridgehead atoms. The standard InChI is InChI=1S/C20H31N5O2S/c1-4-28(26,27)22-14-16-11-9-15(10-12-16)13-21-20-23-18-8-6-5-7-17(18)19(24-20)25(2)3/h5-8,15-16,22H,4,9-14H2,1-3H3,(H,21,23,24). The summed E-state index contributed by atoms with van der Waals surface area (Å²) in [7, 11) is 0.895. The van der Waals surface area contributed by atoms with Crippen molar-refractivity contribution in [3.8, 4) is 0 Å². The van der Waals surface area contributed by atoms with Gasteiger partial charge < -0.3 is 10.2 Å². The fourth-order valence-electron chi connectivity index (χ4n) is 3.70. The molecular weight excluding hydrogens is 374 g/mol. The first-order valence-electron chi connectivity index (χ1n) is 10.0. The monoisotopic (exact) mass is 405 g/mol. The van der Waals surface area contributed by atoms with E-state index in [2.05, 4.69) is 15.0 Å². The van der Waals surface area contributed by atoms with E-state index in [1.807, 2.05) is 43.3 Å². The van der Waals surface area contributed by atoms with E-state index in [-0.39, 0.29) is 5.75 Å². The van der Waals surface area contributed by atoms with Crippen LogP contribution in [0, 0.1) is 11.8 Å². The van der Waals surface area contributed by atoms with Crippen LogP contribution in [0.2, 0.25) is 0 Å². The number of hydrogen-bond acceptors (Lipinski definition) is 6. The molecule has 1 aliphatic carbocycles. The number of sulfonamides is 1. The van der Waals surface area contributed by atoms with Crippen molar-refractivity contribution in [1.82, 2.24) is 14.7 Å². The van der Waals surface area contributed by atoms with Gasteiger partial charge in [0.25, 0.3) is 0 Å². The van der Waals surface area contributed by atoms with Crippen LogP contribution in [0.1, 0.15) is 32.6 Å². The van der Waals surface area contributed by atoms with Crippen molar-refractivity contribution in [1.29, 1.82) is 0 Å². The molecular formula is C20H31N5O2S. The summed E-state index contributed by atoms with van der Waals surface area (Å²) in [5.74, 6) is 2.74. The summed E-state index contributed by atoms with van der Waals surface area (Å²) < 4.78 is 25.9. The minimum absolute atomic E-state index is 0.146. The average Bonchev–Trinajstić information content (AvgIpc) is 2.70.